The summed E-state index contributed by atoms with van der Waals surface area (Å²) in [6.07, 6.45) is -3.46. The third-order valence-corrected chi connectivity index (χ3v) is 11.2. The van der Waals surface area contributed by atoms with Crippen molar-refractivity contribution in [3.05, 3.63) is 98.5 Å². The van der Waals surface area contributed by atoms with E-state index in [9.17, 15) is 39.6 Å². The van der Waals surface area contributed by atoms with Crippen molar-refractivity contribution >= 4 is 41.5 Å². The quantitative estimate of drug-likeness (QED) is 0.192. The van der Waals surface area contributed by atoms with Crippen molar-refractivity contribution in [1.82, 2.24) is 10.3 Å². The Morgan fingerprint density at radius 2 is 1.72 bits per heavy atom. The highest BCUT2D eigenvalue weighted by Gasteiger charge is 2.73. The summed E-state index contributed by atoms with van der Waals surface area (Å²) in [4.78, 5) is 75.2. The molecular weight excluding hydrogens is 784 g/mol. The van der Waals surface area contributed by atoms with E-state index in [0.29, 0.717) is 5.56 Å². The van der Waals surface area contributed by atoms with Gasteiger partial charge in [-0.25, -0.2) is 4.79 Å². The number of rotatable bonds is 9. The lowest BCUT2D eigenvalue weighted by Gasteiger charge is -2.53. The number of ketones is 4. The number of carbonyl (C=O) groups is 5. The number of hydrogen-bond acceptors (Lipinski definition) is 17. The Bertz CT molecular complexity index is 2260. The number of aromatic hydroxyl groups is 1. The van der Waals surface area contributed by atoms with E-state index >= 15 is 4.79 Å². The van der Waals surface area contributed by atoms with Gasteiger partial charge in [0, 0.05) is 68.5 Å². The van der Waals surface area contributed by atoms with E-state index in [1.807, 2.05) is 0 Å². The zero-order chi connectivity index (χ0) is 41.3. The molecule has 1 saturated heterocycles. The zero-order valence-electron chi connectivity index (χ0n) is 32.1. The van der Waals surface area contributed by atoms with Gasteiger partial charge in [0.15, 0.2) is 23.2 Å². The molecule has 1 aliphatic heterocycles. The standard InChI is InChI=1S/C40H40N2O15.ClH/c1-16-10-19-11-24(44)40(55-6)36(49)27-21(35(48)39(40,51)28(19)33(25(16)38(50)54-5)56-15-18-8-7-9-41-14-18)12-20-26(30(27)46)23(43)13-22(29(20)45)42-37-34(53-4)31(47)32(52-3)17(2)57-37;/h7-10,12-14,17,24,31-32,34,37,42,44,46-47,51H,11,15H2,1-6H3;1H/t17-,24+,31+,32-,34+,37-,39-,40+;/m0./s1. The molecule has 0 bridgehead atoms. The topological polar surface area (TPSA) is 247 Å². The Morgan fingerprint density at radius 1 is 1.02 bits per heavy atom. The van der Waals surface area contributed by atoms with Gasteiger partial charge in [-0.15, -0.1) is 12.4 Å². The molecule has 5 N–H and O–H groups in total. The Hall–Kier alpha value is -5.11. The first kappa shape index (κ1) is 42.5. The van der Waals surface area contributed by atoms with Crippen molar-refractivity contribution in [2.24, 2.45) is 0 Å². The number of nitrogens with zero attached hydrogens (tertiary/aromatic N) is 1. The van der Waals surface area contributed by atoms with Gasteiger partial charge >= 0.3 is 5.97 Å². The first-order valence-electron chi connectivity index (χ1n) is 17.8. The van der Waals surface area contributed by atoms with E-state index in [4.69, 9.17) is 28.4 Å². The predicted molar refractivity (Wildman–Crippen MR) is 200 cm³/mol. The Morgan fingerprint density at radius 3 is 2.34 bits per heavy atom. The number of phenols is 1. The van der Waals surface area contributed by atoms with E-state index in [2.05, 4.69) is 10.3 Å². The molecule has 2 heterocycles. The number of aryl methyl sites for hydroxylation is 1. The number of aromatic nitrogens is 1. The van der Waals surface area contributed by atoms with Crippen LogP contribution in [0.3, 0.4) is 0 Å². The molecule has 0 saturated carbocycles. The zero-order valence-corrected chi connectivity index (χ0v) is 32.9. The second-order valence-electron chi connectivity index (χ2n) is 14.2. The van der Waals surface area contributed by atoms with Crippen LogP contribution < -0.4 is 10.1 Å². The number of halogens is 1. The summed E-state index contributed by atoms with van der Waals surface area (Å²) in [5.41, 5.74) is -8.70. The summed E-state index contributed by atoms with van der Waals surface area (Å²) in [5.74, 6) is -6.83. The van der Waals surface area contributed by atoms with Crippen molar-refractivity contribution in [1.29, 1.82) is 0 Å². The van der Waals surface area contributed by atoms with Crippen LogP contribution in [-0.4, -0.2) is 125 Å². The molecule has 7 rings (SSSR count). The van der Waals surface area contributed by atoms with E-state index < -0.39 is 117 Å². The van der Waals surface area contributed by atoms with Gasteiger partial charge in [-0.05, 0) is 37.1 Å². The molecular formula is C40H41ClN2O15. The van der Waals surface area contributed by atoms with Crippen molar-refractivity contribution in [3.8, 4) is 11.5 Å². The monoisotopic (exact) mass is 824 g/mol. The van der Waals surface area contributed by atoms with Crippen LogP contribution in [0.4, 0.5) is 0 Å². The molecule has 3 aromatic rings. The van der Waals surface area contributed by atoms with E-state index in [0.717, 1.165) is 26.4 Å². The number of nitrogens with one attached hydrogen (secondary N) is 1. The second kappa shape index (κ2) is 15.6. The molecule has 4 aliphatic rings. The van der Waals surface area contributed by atoms with Gasteiger partial charge < -0.3 is 54.2 Å². The van der Waals surface area contributed by atoms with Crippen LogP contribution in [0.5, 0.6) is 11.5 Å². The van der Waals surface area contributed by atoms with Gasteiger partial charge in [-0.3, -0.25) is 24.2 Å². The van der Waals surface area contributed by atoms with E-state index in [1.165, 1.54) is 32.7 Å². The number of aliphatic hydroxyl groups is 3. The van der Waals surface area contributed by atoms with Gasteiger partial charge in [0.05, 0.1) is 36.1 Å². The number of fused-ring (bicyclic) bond motifs is 5. The molecule has 17 nitrogen and oxygen atoms in total. The first-order chi connectivity index (χ1) is 27.1. The Kier molecular flexibility index (Phi) is 11.4. The largest absolute Gasteiger partial charge is 0.506 e. The summed E-state index contributed by atoms with van der Waals surface area (Å²) in [6.45, 7) is 2.94. The minimum absolute atomic E-state index is 0. The molecule has 58 heavy (non-hydrogen) atoms. The second-order valence-corrected chi connectivity index (χ2v) is 14.2. The minimum Gasteiger partial charge on any atom is -0.506 e. The molecule has 18 heteroatoms. The highest BCUT2D eigenvalue weighted by molar-refractivity contribution is 6.31. The fourth-order valence-corrected chi connectivity index (χ4v) is 8.61. The van der Waals surface area contributed by atoms with E-state index in [-0.39, 0.29) is 47.2 Å². The van der Waals surface area contributed by atoms with Crippen molar-refractivity contribution in [3.63, 3.8) is 0 Å². The number of carbonyl (C=O) groups excluding carboxylic acids is 5. The molecule has 1 aromatic heterocycles. The number of hydrogen-bond donors (Lipinski definition) is 5. The number of esters is 1. The molecule has 0 radical (unpaired) electrons. The molecule has 2 aromatic carbocycles. The molecule has 1 fully saturated rings. The average Bonchev–Trinajstić information content (AvgIpc) is 3.18. The summed E-state index contributed by atoms with van der Waals surface area (Å²) >= 11 is 0. The summed E-state index contributed by atoms with van der Waals surface area (Å²) in [7, 11) is 4.77. The van der Waals surface area contributed by atoms with Crippen LogP contribution in [0, 0.1) is 6.92 Å². The minimum atomic E-state index is -3.18. The van der Waals surface area contributed by atoms with Crippen LogP contribution in [0.2, 0.25) is 0 Å². The van der Waals surface area contributed by atoms with Crippen molar-refractivity contribution in [2.75, 3.05) is 28.4 Å². The number of phenolic OH excluding ortho intramolecular Hbond substituents is 1. The fraction of sp³-hybridized carbons (Fsp3) is 0.400. The maximum atomic E-state index is 15.1. The Labute approximate surface area is 337 Å². The maximum Gasteiger partial charge on any atom is 0.341 e. The first-order valence-corrected chi connectivity index (χ1v) is 17.8. The summed E-state index contributed by atoms with van der Waals surface area (Å²) < 4.78 is 33.6. The highest BCUT2D eigenvalue weighted by atomic mass is 35.5. The van der Waals surface area contributed by atoms with Gasteiger partial charge in [0.2, 0.25) is 17.3 Å². The smallest absolute Gasteiger partial charge is 0.341 e. The van der Waals surface area contributed by atoms with Crippen molar-refractivity contribution < 1.29 is 72.8 Å². The summed E-state index contributed by atoms with van der Waals surface area (Å²) in [5, 5.41) is 50.1. The number of ether oxygens (including phenoxy) is 6. The van der Waals surface area contributed by atoms with Gasteiger partial charge in [0.1, 0.15) is 42.0 Å². The van der Waals surface area contributed by atoms with Gasteiger partial charge in [-0.2, -0.15) is 0 Å². The SMILES string of the molecule is COC(=O)c1c(C)cc2c(c1OCc1cccnc1)[C@]1(O)C(=O)c3cc4c(c(O)c3C(=O)[C@]1(OC)[C@H](O)C2)C(=O)C=C(N[C@H]1O[C@@H](C)[C@H](OC)[C@@H](O)[C@H]1OC)C4=O.Cl. The van der Waals surface area contributed by atoms with Crippen LogP contribution >= 0.6 is 12.4 Å². The van der Waals surface area contributed by atoms with Gasteiger partial charge in [-0.1, -0.05) is 12.1 Å². The Balaban J connectivity index is 0.00000567. The lowest BCUT2D eigenvalue weighted by Crippen LogP contribution is -2.73. The number of methoxy groups -OCH3 is 4. The van der Waals surface area contributed by atoms with E-state index in [1.54, 1.807) is 26.0 Å². The highest BCUT2D eigenvalue weighted by Crippen LogP contribution is 2.57. The van der Waals surface area contributed by atoms with Crippen molar-refractivity contribution in [2.45, 2.75) is 74.8 Å². The predicted octanol–water partition coefficient (Wildman–Crippen LogP) is 1.44. The van der Waals surface area contributed by atoms with Crippen LogP contribution in [-0.2, 0) is 42.3 Å². The summed E-state index contributed by atoms with van der Waals surface area (Å²) in [6, 6.07) is 5.65. The van der Waals surface area contributed by atoms with Gasteiger partial charge in [0.25, 0.3) is 0 Å². The molecule has 308 valence electrons. The lowest BCUT2D eigenvalue weighted by molar-refractivity contribution is -0.236. The number of benzene rings is 2. The molecule has 0 amide bonds. The number of pyridine rings is 1. The molecule has 8 atom stereocenters. The maximum absolute atomic E-state index is 15.1. The third-order valence-electron chi connectivity index (χ3n) is 11.2. The molecule has 3 aliphatic carbocycles. The number of Topliss-reactive ketones (excluding diaryl/α,β-unsaturated/α-hetero) is 3. The molecule has 0 unspecified atom stereocenters. The van der Waals surface area contributed by atoms with Crippen LogP contribution in [0.1, 0.15) is 81.0 Å². The van der Waals surface area contributed by atoms with Crippen LogP contribution in [0.15, 0.2) is 48.4 Å². The number of aliphatic hydroxyl groups excluding tert-OH is 2. The normalized spacial score (nSPS) is 28.6. The number of allylic oxidation sites excluding steroid dienone is 2. The lowest BCUT2D eigenvalue weighted by atomic mass is 9.56. The third kappa shape index (κ3) is 5.95. The van der Waals surface area contributed by atoms with Crippen LogP contribution in [0.25, 0.3) is 0 Å². The fourth-order valence-electron chi connectivity index (χ4n) is 8.61. The average molecular weight is 825 g/mol. The molecule has 0 spiro atoms.